The van der Waals surface area contributed by atoms with E-state index < -0.39 is 0 Å². The van der Waals surface area contributed by atoms with Crippen LogP contribution in [0.5, 0.6) is 0 Å². The van der Waals surface area contributed by atoms with E-state index in [1.165, 1.54) is 0 Å². The maximum atomic E-state index is 10.2. The summed E-state index contributed by atoms with van der Waals surface area (Å²) in [5.41, 5.74) is 0. The van der Waals surface area contributed by atoms with Crippen molar-refractivity contribution in [3.63, 3.8) is 0 Å². The Bertz CT molecular complexity index is 76.0. The molecule has 0 aliphatic carbocycles. The summed E-state index contributed by atoms with van der Waals surface area (Å²) in [7, 11) is 1.72. The Labute approximate surface area is 89.2 Å². The fourth-order valence-electron chi connectivity index (χ4n) is 0.176. The van der Waals surface area contributed by atoms with Crippen LogP contribution >= 0.6 is 0 Å². The van der Waals surface area contributed by atoms with Gasteiger partial charge in [-0.1, -0.05) is 13.8 Å². The van der Waals surface area contributed by atoms with Gasteiger partial charge in [-0.3, -0.25) is 0 Å². The molecule has 0 rings (SSSR count). The van der Waals surface area contributed by atoms with Crippen LogP contribution in [-0.4, -0.2) is 24.4 Å². The number of rotatable bonds is 1. The molecule has 0 aromatic rings. The molecule has 0 unspecified atom stereocenters. The van der Waals surface area contributed by atoms with Gasteiger partial charge in [-0.25, -0.2) is 0 Å². The fourth-order valence-corrected chi connectivity index (χ4v) is 0.176. The van der Waals surface area contributed by atoms with Gasteiger partial charge in [-0.05, 0) is 6.92 Å². The summed E-state index contributed by atoms with van der Waals surface area (Å²) in [5.74, 6) is -0.123. The van der Waals surface area contributed by atoms with Crippen LogP contribution in [0.2, 0.25) is 0 Å². The Hall–Kier alpha value is 0.444. The summed E-state index contributed by atoms with van der Waals surface area (Å²) in [5, 5.41) is 0. The molecule has 1 radical (unpaired) electrons. The standard InChI is InChI=1S/C5H10NO.C2H6.Y/c1-4-6(3)5(2)7;1-2;/h2,4H2,1,3H3;1-2H3;/q-1;;. The van der Waals surface area contributed by atoms with Crippen LogP contribution in [0, 0.1) is 6.92 Å². The van der Waals surface area contributed by atoms with Crippen LogP contribution in [0.15, 0.2) is 0 Å². The third kappa shape index (κ3) is 11.3. The van der Waals surface area contributed by atoms with Crippen molar-refractivity contribution in [3.8, 4) is 0 Å². The summed E-state index contributed by atoms with van der Waals surface area (Å²) in [6.07, 6.45) is 0. The molecule has 3 heteroatoms. The van der Waals surface area contributed by atoms with Gasteiger partial charge in [0.05, 0.1) is 5.91 Å². The molecule has 0 atom stereocenters. The number of carbonyl (C=O) groups is 1. The second-order valence-electron chi connectivity index (χ2n) is 1.41. The van der Waals surface area contributed by atoms with E-state index in [2.05, 4.69) is 6.92 Å². The molecule has 0 aromatic carbocycles. The predicted octanol–water partition coefficient (Wildman–Crippen LogP) is 1.32. The third-order valence-corrected chi connectivity index (χ3v) is 0.900. The number of amides is 1. The first-order chi connectivity index (χ1) is 4.18. The molecule has 0 fully saturated rings. The SMILES string of the molecule is CC.[CH2-]C(=O)N(C)CC.[Y]. The maximum Gasteiger partial charge on any atom is 0.0820 e. The van der Waals surface area contributed by atoms with Crippen LogP contribution in [0.3, 0.4) is 0 Å². The van der Waals surface area contributed by atoms with Crippen molar-refractivity contribution >= 4 is 5.91 Å². The molecule has 0 saturated carbocycles. The number of hydrogen-bond donors (Lipinski definition) is 0. The molecule has 2 nitrogen and oxygen atoms in total. The molecule has 0 saturated heterocycles. The van der Waals surface area contributed by atoms with E-state index in [-0.39, 0.29) is 38.6 Å². The van der Waals surface area contributed by atoms with Crippen LogP contribution in [0.4, 0.5) is 0 Å². The Kier molecular flexibility index (Phi) is 20.4. The quantitative estimate of drug-likeness (QED) is 0.609. The summed E-state index contributed by atoms with van der Waals surface area (Å²) in [4.78, 5) is 11.7. The van der Waals surface area contributed by atoms with Crippen molar-refractivity contribution < 1.29 is 37.5 Å². The summed E-state index contributed by atoms with van der Waals surface area (Å²) >= 11 is 0. The van der Waals surface area contributed by atoms with Crippen molar-refractivity contribution in [2.24, 2.45) is 0 Å². The van der Waals surface area contributed by atoms with E-state index in [9.17, 15) is 4.79 Å². The minimum atomic E-state index is -0.123. The molecule has 0 bridgehead atoms. The molecule has 10 heavy (non-hydrogen) atoms. The van der Waals surface area contributed by atoms with Crippen LogP contribution in [-0.2, 0) is 37.5 Å². The summed E-state index contributed by atoms with van der Waals surface area (Å²) in [6.45, 7) is 9.84. The molecule has 0 heterocycles. The Morgan fingerprint density at radius 3 is 1.80 bits per heavy atom. The van der Waals surface area contributed by atoms with Crippen LogP contribution in [0.1, 0.15) is 20.8 Å². The second kappa shape index (κ2) is 12.2. The molecule has 0 aliphatic rings. The molecule has 0 spiro atoms. The first-order valence-electron chi connectivity index (χ1n) is 3.25. The van der Waals surface area contributed by atoms with Crippen molar-refractivity contribution in [3.05, 3.63) is 6.92 Å². The van der Waals surface area contributed by atoms with Crippen molar-refractivity contribution in [1.82, 2.24) is 4.90 Å². The molecule has 0 aliphatic heterocycles. The van der Waals surface area contributed by atoms with Gasteiger partial charge in [0.1, 0.15) is 0 Å². The monoisotopic (exact) mass is 219 g/mol. The van der Waals surface area contributed by atoms with Crippen molar-refractivity contribution in [2.75, 3.05) is 13.6 Å². The minimum absolute atomic E-state index is 0. The predicted molar refractivity (Wildman–Crippen MR) is 40.0 cm³/mol. The van der Waals surface area contributed by atoms with Gasteiger partial charge in [-0.15, -0.1) is 0 Å². The van der Waals surface area contributed by atoms with Gasteiger partial charge in [0.15, 0.2) is 0 Å². The van der Waals surface area contributed by atoms with Gasteiger partial charge >= 0.3 is 0 Å². The van der Waals surface area contributed by atoms with Crippen molar-refractivity contribution in [1.29, 1.82) is 0 Å². The van der Waals surface area contributed by atoms with E-state index in [0.717, 1.165) is 6.54 Å². The molecule has 59 valence electrons. The Morgan fingerprint density at radius 2 is 1.80 bits per heavy atom. The van der Waals surface area contributed by atoms with E-state index in [4.69, 9.17) is 0 Å². The van der Waals surface area contributed by atoms with Crippen LogP contribution in [0.25, 0.3) is 0 Å². The first kappa shape index (κ1) is 16.8. The van der Waals surface area contributed by atoms with Gasteiger partial charge < -0.3 is 16.6 Å². The molecule has 0 aromatic heterocycles. The normalized spacial score (nSPS) is 6.40. The summed E-state index contributed by atoms with van der Waals surface area (Å²) < 4.78 is 0. The van der Waals surface area contributed by atoms with Gasteiger partial charge in [-0.2, -0.15) is 0 Å². The van der Waals surface area contributed by atoms with Crippen molar-refractivity contribution in [2.45, 2.75) is 20.8 Å². The van der Waals surface area contributed by atoms with Gasteiger partial charge in [0, 0.05) is 46.3 Å². The fraction of sp³-hybridized carbons (Fsp3) is 0.714. The molecular formula is C7H16NOY-. The number of hydrogen-bond acceptors (Lipinski definition) is 1. The number of nitrogens with zero attached hydrogens (tertiary/aromatic N) is 1. The summed E-state index contributed by atoms with van der Waals surface area (Å²) in [6, 6.07) is 0. The largest absolute Gasteiger partial charge is 0.371 e. The zero-order valence-corrected chi connectivity index (χ0v) is 10.2. The Balaban J connectivity index is -0.000000149. The molecular weight excluding hydrogens is 203 g/mol. The van der Waals surface area contributed by atoms with Gasteiger partial charge in [0.25, 0.3) is 0 Å². The minimum Gasteiger partial charge on any atom is -0.371 e. The zero-order chi connectivity index (χ0) is 7.86. The average molecular weight is 219 g/mol. The maximum absolute atomic E-state index is 10.2. The van der Waals surface area contributed by atoms with E-state index in [1.54, 1.807) is 11.9 Å². The van der Waals surface area contributed by atoms with Gasteiger partial charge in [0.2, 0.25) is 0 Å². The smallest absolute Gasteiger partial charge is 0.0820 e. The van der Waals surface area contributed by atoms with E-state index >= 15 is 0 Å². The topological polar surface area (TPSA) is 20.3 Å². The van der Waals surface area contributed by atoms with Crippen LogP contribution < -0.4 is 0 Å². The Morgan fingerprint density at radius 1 is 1.50 bits per heavy atom. The van der Waals surface area contributed by atoms with E-state index in [0.29, 0.717) is 0 Å². The number of carbonyl (C=O) groups excluding carboxylic acids is 1. The molecule has 0 N–H and O–H groups in total. The first-order valence-corrected chi connectivity index (χ1v) is 3.25. The third-order valence-electron chi connectivity index (χ3n) is 0.900. The second-order valence-corrected chi connectivity index (χ2v) is 1.41. The molecule has 1 amide bonds. The average Bonchev–Trinajstić information content (AvgIpc) is 1.91. The van der Waals surface area contributed by atoms with E-state index in [1.807, 2.05) is 20.8 Å². The zero-order valence-electron chi connectivity index (χ0n) is 7.35.